The molecule has 0 saturated heterocycles. The first kappa shape index (κ1) is 18.2. The van der Waals surface area contributed by atoms with Crippen LogP contribution in [0.3, 0.4) is 0 Å². The van der Waals surface area contributed by atoms with E-state index in [1.807, 2.05) is 20.8 Å². The van der Waals surface area contributed by atoms with Gasteiger partial charge in [-0.25, -0.2) is 4.79 Å². The van der Waals surface area contributed by atoms with Gasteiger partial charge in [-0.05, 0) is 39.5 Å². The van der Waals surface area contributed by atoms with Gasteiger partial charge in [0.2, 0.25) is 0 Å². The lowest BCUT2D eigenvalue weighted by Gasteiger charge is -2.37. The Balaban J connectivity index is 2.15. The number of carbonyl (C=O) groups excluding carboxylic acids is 1. The zero-order chi connectivity index (χ0) is 16.0. The largest absolute Gasteiger partial charge is 0.444 e. The third-order valence-electron chi connectivity index (χ3n) is 4.07. The molecule has 0 aromatic carbocycles. The Morgan fingerprint density at radius 3 is 2.29 bits per heavy atom. The minimum Gasteiger partial charge on any atom is -0.444 e. The zero-order valence-electron chi connectivity index (χ0n) is 14.1. The molecule has 1 atom stereocenters. The molecule has 1 aliphatic carbocycles. The number of hydrogen-bond acceptors (Lipinski definition) is 4. The van der Waals surface area contributed by atoms with Crippen molar-refractivity contribution < 1.29 is 14.6 Å². The molecule has 1 amide bonds. The molecule has 1 rings (SSSR count). The Labute approximate surface area is 128 Å². The van der Waals surface area contributed by atoms with E-state index in [-0.39, 0.29) is 18.2 Å². The number of aliphatic hydroxyl groups excluding tert-OH is 1. The normalized spacial score (nSPS) is 23.6. The molecule has 0 spiro atoms. The molecule has 1 fully saturated rings. The average molecular weight is 300 g/mol. The SMILES string of the molecule is CCC(CC)C(O)CNC1CC(NC(=O)OC(C)(C)C)C1. The monoisotopic (exact) mass is 300 g/mol. The van der Waals surface area contributed by atoms with Gasteiger partial charge in [0, 0.05) is 18.6 Å². The minimum absolute atomic E-state index is 0.183. The highest BCUT2D eigenvalue weighted by molar-refractivity contribution is 5.68. The van der Waals surface area contributed by atoms with Crippen LogP contribution in [0.2, 0.25) is 0 Å². The fourth-order valence-corrected chi connectivity index (χ4v) is 2.66. The van der Waals surface area contributed by atoms with E-state index < -0.39 is 5.60 Å². The van der Waals surface area contributed by atoms with Crippen molar-refractivity contribution in [2.45, 2.75) is 84.1 Å². The van der Waals surface area contributed by atoms with Gasteiger partial charge >= 0.3 is 6.09 Å². The predicted octanol–water partition coefficient (Wildman–Crippen LogP) is 2.43. The summed E-state index contributed by atoms with van der Waals surface area (Å²) >= 11 is 0. The molecule has 3 N–H and O–H groups in total. The molecule has 1 aliphatic rings. The summed E-state index contributed by atoms with van der Waals surface area (Å²) in [6, 6.07) is 0.566. The maximum atomic E-state index is 11.6. The van der Waals surface area contributed by atoms with Gasteiger partial charge in [-0.1, -0.05) is 26.7 Å². The van der Waals surface area contributed by atoms with Gasteiger partial charge in [-0.15, -0.1) is 0 Å². The highest BCUT2D eigenvalue weighted by Crippen LogP contribution is 2.21. The van der Waals surface area contributed by atoms with Crippen LogP contribution in [0.4, 0.5) is 4.79 Å². The van der Waals surface area contributed by atoms with Gasteiger partial charge in [-0.3, -0.25) is 0 Å². The number of amides is 1. The van der Waals surface area contributed by atoms with E-state index in [9.17, 15) is 9.90 Å². The summed E-state index contributed by atoms with van der Waals surface area (Å²) in [6.07, 6.45) is 3.18. The molecule has 0 radical (unpaired) electrons. The van der Waals surface area contributed by atoms with Crippen molar-refractivity contribution in [1.82, 2.24) is 10.6 Å². The number of hydrogen-bond donors (Lipinski definition) is 3. The summed E-state index contributed by atoms with van der Waals surface area (Å²) in [5.74, 6) is 0.369. The molecule has 0 heterocycles. The third-order valence-corrected chi connectivity index (χ3v) is 4.07. The van der Waals surface area contributed by atoms with Gasteiger partial charge < -0.3 is 20.5 Å². The minimum atomic E-state index is -0.453. The van der Waals surface area contributed by atoms with E-state index in [2.05, 4.69) is 24.5 Å². The van der Waals surface area contributed by atoms with Gasteiger partial charge in [0.05, 0.1) is 6.10 Å². The van der Waals surface area contributed by atoms with E-state index >= 15 is 0 Å². The number of carbonyl (C=O) groups is 1. The third kappa shape index (κ3) is 6.66. The van der Waals surface area contributed by atoms with E-state index in [1.54, 1.807) is 0 Å². The van der Waals surface area contributed by atoms with Gasteiger partial charge in [-0.2, -0.15) is 0 Å². The Morgan fingerprint density at radius 1 is 1.24 bits per heavy atom. The fraction of sp³-hybridized carbons (Fsp3) is 0.938. The average Bonchev–Trinajstić information content (AvgIpc) is 2.31. The van der Waals surface area contributed by atoms with Crippen LogP contribution in [0, 0.1) is 5.92 Å². The van der Waals surface area contributed by atoms with Crippen LogP contribution >= 0.6 is 0 Å². The molecular formula is C16H32N2O3. The second-order valence-electron chi connectivity index (χ2n) is 7.06. The highest BCUT2D eigenvalue weighted by Gasteiger charge is 2.31. The van der Waals surface area contributed by atoms with Crippen molar-refractivity contribution >= 4 is 6.09 Å². The van der Waals surface area contributed by atoms with Crippen LogP contribution < -0.4 is 10.6 Å². The summed E-state index contributed by atoms with van der Waals surface area (Å²) in [5, 5.41) is 16.3. The number of alkyl carbamates (subject to hydrolysis) is 1. The van der Waals surface area contributed by atoms with Gasteiger partial charge in [0.15, 0.2) is 0 Å². The van der Waals surface area contributed by atoms with Crippen LogP contribution in [-0.4, -0.2) is 41.5 Å². The summed E-state index contributed by atoms with van der Waals surface area (Å²) in [7, 11) is 0. The van der Waals surface area contributed by atoms with E-state index in [0.717, 1.165) is 25.7 Å². The molecule has 21 heavy (non-hydrogen) atoms. The molecule has 124 valence electrons. The van der Waals surface area contributed by atoms with Crippen molar-refractivity contribution in [2.24, 2.45) is 5.92 Å². The van der Waals surface area contributed by atoms with Crippen molar-refractivity contribution in [2.75, 3.05) is 6.54 Å². The molecule has 0 aliphatic heterocycles. The summed E-state index contributed by atoms with van der Waals surface area (Å²) in [4.78, 5) is 11.6. The topological polar surface area (TPSA) is 70.6 Å². The molecule has 1 saturated carbocycles. The number of nitrogens with one attached hydrogen (secondary N) is 2. The van der Waals surface area contributed by atoms with Crippen molar-refractivity contribution in [3.05, 3.63) is 0 Å². The first-order chi connectivity index (χ1) is 9.75. The second kappa shape index (κ2) is 7.99. The number of ether oxygens (including phenoxy) is 1. The molecule has 5 heteroatoms. The number of aliphatic hydroxyl groups is 1. The molecule has 5 nitrogen and oxygen atoms in total. The first-order valence-corrected chi connectivity index (χ1v) is 8.16. The quantitative estimate of drug-likeness (QED) is 0.675. The first-order valence-electron chi connectivity index (χ1n) is 8.16. The number of rotatable bonds is 7. The second-order valence-corrected chi connectivity index (χ2v) is 7.06. The highest BCUT2D eigenvalue weighted by atomic mass is 16.6. The Bertz CT molecular complexity index is 318. The molecule has 0 bridgehead atoms. The van der Waals surface area contributed by atoms with Gasteiger partial charge in [0.25, 0.3) is 0 Å². The molecule has 0 aromatic rings. The molecular weight excluding hydrogens is 268 g/mol. The van der Waals surface area contributed by atoms with E-state index in [4.69, 9.17) is 4.74 Å². The summed E-state index contributed by atoms with van der Waals surface area (Å²) in [5.41, 5.74) is -0.453. The molecule has 0 aromatic heterocycles. The summed E-state index contributed by atoms with van der Waals surface area (Å²) in [6.45, 7) is 10.4. The molecule has 1 unspecified atom stereocenters. The standard InChI is InChI=1S/C16H32N2O3/c1-6-11(7-2)14(19)10-17-12-8-13(9-12)18-15(20)21-16(3,4)5/h11-14,17,19H,6-10H2,1-5H3,(H,18,20). The van der Waals surface area contributed by atoms with Crippen LogP contribution in [0.25, 0.3) is 0 Å². The predicted molar refractivity (Wildman–Crippen MR) is 84.3 cm³/mol. The lowest BCUT2D eigenvalue weighted by molar-refractivity contribution is 0.0453. The van der Waals surface area contributed by atoms with Crippen molar-refractivity contribution in [3.63, 3.8) is 0 Å². The Morgan fingerprint density at radius 2 is 1.81 bits per heavy atom. The lowest BCUT2D eigenvalue weighted by atomic mass is 9.86. The van der Waals surface area contributed by atoms with Crippen molar-refractivity contribution in [3.8, 4) is 0 Å². The fourth-order valence-electron chi connectivity index (χ4n) is 2.66. The zero-order valence-corrected chi connectivity index (χ0v) is 14.1. The Kier molecular flexibility index (Phi) is 6.94. The lowest BCUT2D eigenvalue weighted by Crippen LogP contribution is -2.54. The van der Waals surface area contributed by atoms with E-state index in [0.29, 0.717) is 18.5 Å². The maximum absolute atomic E-state index is 11.6. The smallest absolute Gasteiger partial charge is 0.407 e. The Hall–Kier alpha value is -0.810. The summed E-state index contributed by atoms with van der Waals surface area (Å²) < 4.78 is 5.23. The van der Waals surface area contributed by atoms with Gasteiger partial charge in [0.1, 0.15) is 5.60 Å². The van der Waals surface area contributed by atoms with Crippen LogP contribution in [0.5, 0.6) is 0 Å². The van der Waals surface area contributed by atoms with Crippen LogP contribution in [-0.2, 0) is 4.74 Å². The van der Waals surface area contributed by atoms with E-state index in [1.165, 1.54) is 0 Å². The van der Waals surface area contributed by atoms with Crippen LogP contribution in [0.15, 0.2) is 0 Å². The maximum Gasteiger partial charge on any atom is 0.407 e. The van der Waals surface area contributed by atoms with Crippen molar-refractivity contribution in [1.29, 1.82) is 0 Å². The van der Waals surface area contributed by atoms with Crippen LogP contribution in [0.1, 0.15) is 60.3 Å².